The van der Waals surface area contributed by atoms with Crippen LogP contribution in [-0.4, -0.2) is 5.91 Å². The van der Waals surface area contributed by atoms with Gasteiger partial charge in [0.2, 0.25) is 0 Å². The number of fused-ring (bicyclic) bond motifs is 1. The van der Waals surface area contributed by atoms with Crippen molar-refractivity contribution in [3.8, 4) is 0 Å². The minimum atomic E-state index is -0.766. The highest BCUT2D eigenvalue weighted by molar-refractivity contribution is 7.14. The largest absolute Gasteiger partial charge is 0.319 e. The maximum absolute atomic E-state index is 13.4. The van der Waals surface area contributed by atoms with Crippen LogP contribution >= 0.6 is 11.3 Å². The zero-order chi connectivity index (χ0) is 13.4. The number of halogens is 2. The summed E-state index contributed by atoms with van der Waals surface area (Å²) in [7, 11) is 0. The number of aryl methyl sites for hydroxylation is 2. The highest BCUT2D eigenvalue weighted by Crippen LogP contribution is 2.31. The van der Waals surface area contributed by atoms with Crippen molar-refractivity contribution >= 4 is 22.9 Å². The molecule has 2 nitrogen and oxygen atoms in total. The van der Waals surface area contributed by atoms with Crippen LogP contribution in [0.1, 0.15) is 26.5 Å². The van der Waals surface area contributed by atoms with Gasteiger partial charge in [0.25, 0.3) is 5.91 Å². The van der Waals surface area contributed by atoms with Crippen molar-refractivity contribution in [3.05, 3.63) is 51.2 Å². The van der Waals surface area contributed by atoms with Gasteiger partial charge >= 0.3 is 0 Å². The average molecular weight is 279 g/mol. The van der Waals surface area contributed by atoms with E-state index < -0.39 is 11.6 Å². The van der Waals surface area contributed by atoms with Crippen LogP contribution < -0.4 is 5.32 Å². The lowest BCUT2D eigenvalue weighted by atomic mass is 10.2. The monoisotopic (exact) mass is 279 g/mol. The molecule has 1 aliphatic carbocycles. The molecule has 0 saturated heterocycles. The average Bonchev–Trinajstić information content (AvgIpc) is 2.93. The lowest BCUT2D eigenvalue weighted by Gasteiger charge is -2.04. The molecule has 0 saturated carbocycles. The molecule has 1 aromatic carbocycles. The van der Waals surface area contributed by atoms with Crippen molar-refractivity contribution in [2.45, 2.75) is 19.3 Å². The van der Waals surface area contributed by atoms with E-state index in [1.54, 1.807) is 0 Å². The highest BCUT2D eigenvalue weighted by atomic mass is 32.1. The number of thiophene rings is 1. The first kappa shape index (κ1) is 12.3. The second kappa shape index (κ2) is 4.74. The fourth-order valence-electron chi connectivity index (χ4n) is 2.22. The van der Waals surface area contributed by atoms with Gasteiger partial charge in [-0.2, -0.15) is 0 Å². The minimum absolute atomic E-state index is 0.0000376. The first-order chi connectivity index (χ1) is 9.13. The summed E-state index contributed by atoms with van der Waals surface area (Å²) in [4.78, 5) is 13.8. The lowest BCUT2D eigenvalue weighted by molar-refractivity contribution is 0.103. The van der Waals surface area contributed by atoms with E-state index in [4.69, 9.17) is 0 Å². The van der Waals surface area contributed by atoms with E-state index in [-0.39, 0.29) is 11.6 Å². The summed E-state index contributed by atoms with van der Waals surface area (Å²) in [5.41, 5.74) is 1.22. The first-order valence-electron chi connectivity index (χ1n) is 6.01. The van der Waals surface area contributed by atoms with Crippen LogP contribution in [0.3, 0.4) is 0 Å². The topological polar surface area (TPSA) is 29.1 Å². The molecule has 2 aromatic rings. The maximum atomic E-state index is 13.4. The van der Waals surface area contributed by atoms with Crippen molar-refractivity contribution in [3.63, 3.8) is 0 Å². The van der Waals surface area contributed by atoms with Crippen LogP contribution in [0.5, 0.6) is 0 Å². The van der Waals surface area contributed by atoms with Gasteiger partial charge in [-0.25, -0.2) is 8.78 Å². The zero-order valence-corrected chi connectivity index (χ0v) is 10.8. The molecule has 0 unspecified atom stereocenters. The number of rotatable bonds is 2. The number of nitrogens with one attached hydrogen (secondary N) is 1. The van der Waals surface area contributed by atoms with Crippen LogP contribution in [0.2, 0.25) is 0 Å². The fourth-order valence-corrected chi connectivity index (χ4v) is 3.36. The first-order valence-corrected chi connectivity index (χ1v) is 6.83. The van der Waals surface area contributed by atoms with Gasteiger partial charge in [0, 0.05) is 10.9 Å². The Bertz CT molecular complexity index is 629. The molecule has 1 heterocycles. The number of benzene rings is 1. The van der Waals surface area contributed by atoms with E-state index in [0.717, 1.165) is 31.4 Å². The van der Waals surface area contributed by atoms with Gasteiger partial charge in [0.05, 0.1) is 10.6 Å². The number of amides is 1. The Morgan fingerprint density at radius 1 is 1.21 bits per heavy atom. The summed E-state index contributed by atoms with van der Waals surface area (Å²) in [6, 6.07) is 4.96. The number of carbonyl (C=O) groups excluding carboxylic acids is 1. The quantitative estimate of drug-likeness (QED) is 0.891. The fraction of sp³-hybridized carbons (Fsp3) is 0.214. The Kier molecular flexibility index (Phi) is 3.06. The van der Waals surface area contributed by atoms with Crippen LogP contribution in [0.15, 0.2) is 24.3 Å². The van der Waals surface area contributed by atoms with Crippen molar-refractivity contribution < 1.29 is 13.6 Å². The van der Waals surface area contributed by atoms with Gasteiger partial charge in [-0.05, 0) is 43.0 Å². The van der Waals surface area contributed by atoms with Crippen molar-refractivity contribution in [1.29, 1.82) is 0 Å². The summed E-state index contributed by atoms with van der Waals surface area (Å²) in [6.45, 7) is 0. The van der Waals surface area contributed by atoms with Gasteiger partial charge < -0.3 is 5.32 Å². The van der Waals surface area contributed by atoms with Gasteiger partial charge in [0.15, 0.2) is 0 Å². The normalized spacial score (nSPS) is 13.4. The molecule has 0 aliphatic heterocycles. The van der Waals surface area contributed by atoms with E-state index in [9.17, 15) is 13.6 Å². The van der Waals surface area contributed by atoms with E-state index in [1.165, 1.54) is 27.8 Å². The molecule has 0 radical (unpaired) electrons. The number of anilines is 1. The van der Waals surface area contributed by atoms with E-state index in [1.807, 2.05) is 6.07 Å². The molecule has 0 bridgehead atoms. The predicted molar refractivity (Wildman–Crippen MR) is 70.7 cm³/mol. The molecule has 3 rings (SSSR count). The lowest BCUT2D eigenvalue weighted by Crippen LogP contribution is -2.11. The van der Waals surface area contributed by atoms with Gasteiger partial charge in [-0.15, -0.1) is 11.3 Å². The summed E-state index contributed by atoms with van der Waals surface area (Å²) in [5.74, 6) is -1.77. The van der Waals surface area contributed by atoms with Gasteiger partial charge in [0.1, 0.15) is 11.6 Å². The molecule has 0 atom stereocenters. The minimum Gasteiger partial charge on any atom is -0.319 e. The summed E-state index contributed by atoms with van der Waals surface area (Å²) in [5, 5.41) is 2.47. The molecule has 0 spiro atoms. The summed E-state index contributed by atoms with van der Waals surface area (Å²) >= 11 is 1.45. The Morgan fingerprint density at radius 3 is 2.79 bits per heavy atom. The molecular formula is C14H11F2NOS. The Balaban J connectivity index is 1.80. The Morgan fingerprint density at radius 2 is 2.05 bits per heavy atom. The summed E-state index contributed by atoms with van der Waals surface area (Å²) in [6.07, 6.45) is 3.15. The standard InChI is InChI=1S/C14H11F2NOS/c15-9-4-5-11(10(16)7-9)17-14(18)13-6-8-2-1-3-12(8)19-13/h4-7H,1-3H2,(H,17,18). The molecule has 98 valence electrons. The molecular weight excluding hydrogens is 268 g/mol. The molecule has 5 heteroatoms. The zero-order valence-electron chi connectivity index (χ0n) is 10.0. The predicted octanol–water partition coefficient (Wildman–Crippen LogP) is 3.77. The van der Waals surface area contributed by atoms with Crippen molar-refractivity contribution in [2.75, 3.05) is 5.32 Å². The third kappa shape index (κ3) is 2.38. The molecule has 1 aromatic heterocycles. The number of carbonyl (C=O) groups is 1. The molecule has 1 aliphatic rings. The second-order valence-corrected chi connectivity index (χ2v) is 5.63. The van der Waals surface area contributed by atoms with Gasteiger partial charge in [-0.1, -0.05) is 0 Å². The van der Waals surface area contributed by atoms with E-state index in [2.05, 4.69) is 5.32 Å². The Labute approximate surface area is 113 Å². The van der Waals surface area contributed by atoms with Crippen LogP contribution in [0.25, 0.3) is 0 Å². The maximum Gasteiger partial charge on any atom is 0.265 e. The Hall–Kier alpha value is -1.75. The second-order valence-electron chi connectivity index (χ2n) is 4.49. The van der Waals surface area contributed by atoms with Crippen LogP contribution in [0.4, 0.5) is 14.5 Å². The van der Waals surface area contributed by atoms with E-state index >= 15 is 0 Å². The summed E-state index contributed by atoms with van der Waals surface area (Å²) < 4.78 is 26.2. The van der Waals surface area contributed by atoms with Gasteiger partial charge in [-0.3, -0.25) is 4.79 Å². The highest BCUT2D eigenvalue weighted by Gasteiger charge is 2.19. The van der Waals surface area contributed by atoms with Crippen molar-refractivity contribution in [2.24, 2.45) is 0 Å². The van der Waals surface area contributed by atoms with Crippen LogP contribution in [-0.2, 0) is 12.8 Å². The SMILES string of the molecule is O=C(Nc1ccc(F)cc1F)c1cc2c(s1)CCC2. The van der Waals surface area contributed by atoms with Crippen LogP contribution in [0, 0.1) is 11.6 Å². The third-order valence-electron chi connectivity index (χ3n) is 3.15. The van der Waals surface area contributed by atoms with E-state index in [0.29, 0.717) is 4.88 Å². The smallest absolute Gasteiger partial charge is 0.265 e. The molecule has 1 amide bonds. The van der Waals surface area contributed by atoms with Crippen molar-refractivity contribution in [1.82, 2.24) is 0 Å². The molecule has 0 fully saturated rings. The molecule has 19 heavy (non-hydrogen) atoms. The number of hydrogen-bond acceptors (Lipinski definition) is 2. The number of hydrogen-bond donors (Lipinski definition) is 1. The molecule has 1 N–H and O–H groups in total. The third-order valence-corrected chi connectivity index (χ3v) is 4.39.